The molecule has 2 heterocycles. The van der Waals surface area contributed by atoms with Crippen molar-refractivity contribution in [3.63, 3.8) is 0 Å². The van der Waals surface area contributed by atoms with Crippen LogP contribution in [0.2, 0.25) is 4.34 Å². The van der Waals surface area contributed by atoms with Crippen molar-refractivity contribution in [2.24, 2.45) is 5.73 Å². The molecule has 6 heteroatoms. The molecule has 2 rings (SSSR count). The van der Waals surface area contributed by atoms with Crippen LogP contribution >= 0.6 is 22.9 Å². The van der Waals surface area contributed by atoms with Gasteiger partial charge in [0.05, 0.1) is 10.4 Å². The molecule has 1 fully saturated rings. The highest BCUT2D eigenvalue weighted by atomic mass is 35.5. The highest BCUT2D eigenvalue weighted by molar-refractivity contribution is 7.20. The molecule has 1 amide bonds. The molecule has 76 valence electrons. The molecule has 4 nitrogen and oxygen atoms in total. The van der Waals surface area contributed by atoms with Gasteiger partial charge in [0.15, 0.2) is 0 Å². The molecule has 14 heavy (non-hydrogen) atoms. The maximum atomic E-state index is 11.4. The zero-order valence-electron chi connectivity index (χ0n) is 7.27. The number of hydrogen-bond acceptors (Lipinski definition) is 4. The molecule has 1 aliphatic heterocycles. The van der Waals surface area contributed by atoms with Gasteiger partial charge in [0.1, 0.15) is 11.6 Å². The van der Waals surface area contributed by atoms with E-state index in [0.717, 1.165) is 5.00 Å². The molecule has 0 radical (unpaired) electrons. The number of thiophene rings is 1. The zero-order chi connectivity index (χ0) is 10.1. The molecule has 1 aliphatic rings. The lowest BCUT2D eigenvalue weighted by molar-refractivity contribution is 0.179. The Balaban J connectivity index is 2.27. The molecule has 0 bridgehead atoms. The number of carbonyl (C=O) groups excluding carboxylic acids is 1. The summed E-state index contributed by atoms with van der Waals surface area (Å²) in [5, 5.41) is 0.785. The van der Waals surface area contributed by atoms with Crippen LogP contribution in [0.1, 0.15) is 0 Å². The molecule has 1 saturated heterocycles. The number of rotatable bonds is 2. The van der Waals surface area contributed by atoms with E-state index in [0.29, 0.717) is 17.5 Å². The van der Waals surface area contributed by atoms with E-state index in [1.807, 2.05) is 0 Å². The van der Waals surface area contributed by atoms with Crippen molar-refractivity contribution < 1.29 is 9.53 Å². The summed E-state index contributed by atoms with van der Waals surface area (Å²) in [6.45, 7) is 0.742. The number of anilines is 1. The average molecular weight is 233 g/mol. The van der Waals surface area contributed by atoms with Crippen LogP contribution in [0.3, 0.4) is 0 Å². The number of carbonyl (C=O) groups is 1. The number of amides is 1. The van der Waals surface area contributed by atoms with E-state index >= 15 is 0 Å². The van der Waals surface area contributed by atoms with E-state index in [4.69, 9.17) is 22.1 Å². The summed E-state index contributed by atoms with van der Waals surface area (Å²) in [6.07, 6.45) is -0.348. The lowest BCUT2D eigenvalue weighted by Gasteiger charge is -2.17. The molecule has 1 aromatic rings. The molecular formula is C8H9ClN2O2S. The normalized spacial score (nSPS) is 21.4. The highest BCUT2D eigenvalue weighted by Gasteiger charge is 2.33. The molecule has 2 N–H and O–H groups in total. The van der Waals surface area contributed by atoms with Crippen molar-refractivity contribution in [3.05, 3.63) is 16.5 Å². The third-order valence-electron chi connectivity index (χ3n) is 2.03. The van der Waals surface area contributed by atoms with Crippen molar-refractivity contribution in [3.8, 4) is 0 Å². The van der Waals surface area contributed by atoms with Crippen LogP contribution in [0.25, 0.3) is 0 Å². The smallest absolute Gasteiger partial charge is 0.415 e. The van der Waals surface area contributed by atoms with E-state index in [2.05, 4.69) is 0 Å². The predicted molar refractivity (Wildman–Crippen MR) is 56.0 cm³/mol. The third kappa shape index (κ3) is 1.58. The highest BCUT2D eigenvalue weighted by Crippen LogP contribution is 2.32. The number of nitrogens with two attached hydrogens (primary N) is 1. The first-order valence-electron chi connectivity index (χ1n) is 4.13. The summed E-state index contributed by atoms with van der Waals surface area (Å²) in [6, 6.07) is 3.47. The fourth-order valence-corrected chi connectivity index (χ4v) is 2.43. The van der Waals surface area contributed by atoms with E-state index in [1.165, 1.54) is 11.3 Å². The Morgan fingerprint density at radius 1 is 1.71 bits per heavy atom. The van der Waals surface area contributed by atoms with Crippen LogP contribution in [0.5, 0.6) is 0 Å². The van der Waals surface area contributed by atoms with Gasteiger partial charge in [0.2, 0.25) is 0 Å². The minimum absolute atomic E-state index is 0.0720. The van der Waals surface area contributed by atoms with Gasteiger partial charge in [0.25, 0.3) is 0 Å². The van der Waals surface area contributed by atoms with E-state index < -0.39 is 0 Å². The monoisotopic (exact) mass is 232 g/mol. The van der Waals surface area contributed by atoms with Gasteiger partial charge in [-0.25, -0.2) is 4.79 Å². The lowest BCUT2D eigenvalue weighted by Crippen LogP contribution is -2.38. The van der Waals surface area contributed by atoms with Gasteiger partial charge in [0, 0.05) is 6.54 Å². The second-order valence-corrected chi connectivity index (χ2v) is 4.61. The Bertz CT molecular complexity index is 355. The Morgan fingerprint density at radius 2 is 2.50 bits per heavy atom. The second-order valence-electron chi connectivity index (χ2n) is 2.91. The van der Waals surface area contributed by atoms with Gasteiger partial charge in [-0.05, 0) is 12.1 Å². The van der Waals surface area contributed by atoms with Gasteiger partial charge in [-0.15, -0.1) is 11.3 Å². The van der Waals surface area contributed by atoms with Gasteiger partial charge in [-0.3, -0.25) is 4.90 Å². The number of cyclic esters (lactones) is 1. The summed E-state index contributed by atoms with van der Waals surface area (Å²) in [7, 11) is 0. The summed E-state index contributed by atoms with van der Waals surface area (Å²) in [4.78, 5) is 12.9. The Morgan fingerprint density at radius 3 is 3.07 bits per heavy atom. The molecule has 0 aliphatic carbocycles. The fraction of sp³-hybridized carbons (Fsp3) is 0.375. The van der Waals surface area contributed by atoms with E-state index in [-0.39, 0.29) is 12.1 Å². The standard InChI is InChI=1S/C8H9ClN2O2S/c9-6-1-2-7(14-6)11-5(3-10)4-13-8(11)12/h1-2,5H,3-4,10H2. The summed E-state index contributed by atoms with van der Waals surface area (Å²) < 4.78 is 5.55. The minimum Gasteiger partial charge on any atom is -0.447 e. The molecule has 1 unspecified atom stereocenters. The van der Waals surface area contributed by atoms with Crippen LogP contribution in [-0.2, 0) is 4.74 Å². The van der Waals surface area contributed by atoms with Crippen LogP contribution in [-0.4, -0.2) is 25.3 Å². The van der Waals surface area contributed by atoms with Crippen LogP contribution in [0, 0.1) is 0 Å². The first kappa shape index (κ1) is 9.76. The topological polar surface area (TPSA) is 55.6 Å². The first-order chi connectivity index (χ1) is 6.72. The van der Waals surface area contributed by atoms with Crippen molar-refractivity contribution in [1.82, 2.24) is 0 Å². The maximum absolute atomic E-state index is 11.4. The van der Waals surface area contributed by atoms with E-state index in [1.54, 1.807) is 17.0 Å². The first-order valence-corrected chi connectivity index (χ1v) is 5.33. The summed E-state index contributed by atoms with van der Waals surface area (Å²) >= 11 is 7.13. The number of halogens is 1. The fourth-order valence-electron chi connectivity index (χ4n) is 1.34. The largest absolute Gasteiger partial charge is 0.447 e. The van der Waals surface area contributed by atoms with Crippen LogP contribution in [0.4, 0.5) is 9.80 Å². The molecular weight excluding hydrogens is 224 g/mol. The van der Waals surface area contributed by atoms with Crippen molar-refractivity contribution in [2.75, 3.05) is 18.1 Å². The maximum Gasteiger partial charge on any atom is 0.415 e. The van der Waals surface area contributed by atoms with Crippen LogP contribution in [0.15, 0.2) is 12.1 Å². The Hall–Kier alpha value is -0.780. The molecule has 1 atom stereocenters. The molecule has 0 saturated carbocycles. The third-order valence-corrected chi connectivity index (χ3v) is 3.26. The van der Waals surface area contributed by atoms with Gasteiger partial charge in [-0.2, -0.15) is 0 Å². The summed E-state index contributed by atoms with van der Waals surface area (Å²) in [5.41, 5.74) is 5.53. The SMILES string of the molecule is NCC1COC(=O)N1c1ccc(Cl)s1. The summed E-state index contributed by atoms with van der Waals surface area (Å²) in [5.74, 6) is 0. The minimum atomic E-state index is -0.348. The van der Waals surface area contributed by atoms with Crippen molar-refractivity contribution >= 4 is 34.0 Å². The quantitative estimate of drug-likeness (QED) is 0.844. The van der Waals surface area contributed by atoms with Gasteiger partial charge < -0.3 is 10.5 Å². The molecule has 1 aromatic heterocycles. The average Bonchev–Trinajstić information content (AvgIpc) is 2.71. The second kappa shape index (κ2) is 3.76. The zero-order valence-corrected chi connectivity index (χ0v) is 8.85. The Kier molecular flexibility index (Phi) is 2.62. The van der Waals surface area contributed by atoms with Crippen molar-refractivity contribution in [1.29, 1.82) is 0 Å². The number of nitrogens with zero attached hydrogens (tertiary/aromatic N) is 1. The van der Waals surface area contributed by atoms with Crippen molar-refractivity contribution in [2.45, 2.75) is 6.04 Å². The number of ether oxygens (including phenoxy) is 1. The predicted octanol–water partition coefficient (Wildman–Crippen LogP) is 1.69. The lowest BCUT2D eigenvalue weighted by atomic mass is 10.3. The Labute approximate surface area is 90.2 Å². The van der Waals surface area contributed by atoms with Gasteiger partial charge >= 0.3 is 6.09 Å². The van der Waals surface area contributed by atoms with E-state index in [9.17, 15) is 4.79 Å². The number of hydrogen-bond donors (Lipinski definition) is 1. The van der Waals surface area contributed by atoms with Crippen LogP contribution < -0.4 is 10.6 Å². The molecule has 0 aromatic carbocycles. The molecule has 0 spiro atoms. The van der Waals surface area contributed by atoms with Gasteiger partial charge in [-0.1, -0.05) is 11.6 Å².